The smallest absolute Gasteiger partial charge is 0.222 e. The number of carbonyl (C=O) groups excluding carboxylic acids is 1. The minimum Gasteiger partial charge on any atom is -0.409 e. The van der Waals surface area contributed by atoms with Crippen molar-refractivity contribution in [2.45, 2.75) is 52.4 Å². The molecule has 0 heterocycles. The number of nitrogens with zero attached hydrogens (tertiary/aromatic N) is 2. The summed E-state index contributed by atoms with van der Waals surface area (Å²) in [7, 11) is 0. The summed E-state index contributed by atoms with van der Waals surface area (Å²) in [6.45, 7) is 5.52. The molecule has 5 nitrogen and oxygen atoms in total. The Morgan fingerprint density at radius 1 is 1.38 bits per heavy atom. The minimum absolute atomic E-state index is 0.191. The maximum atomic E-state index is 12.6. The van der Waals surface area contributed by atoms with Gasteiger partial charge in [0.25, 0.3) is 0 Å². The fraction of sp³-hybridized carbons (Fsp3) is 0.875. The zero-order valence-corrected chi connectivity index (χ0v) is 13.3. The van der Waals surface area contributed by atoms with Gasteiger partial charge >= 0.3 is 0 Å². The first-order valence-corrected chi connectivity index (χ1v) is 8.23. The van der Waals surface area contributed by atoms with Crippen LogP contribution >= 0.6 is 0 Å². The quantitative estimate of drug-likeness (QED) is 0.328. The van der Waals surface area contributed by atoms with Crippen molar-refractivity contribution >= 4 is 11.7 Å². The first-order valence-electron chi connectivity index (χ1n) is 8.23. The van der Waals surface area contributed by atoms with E-state index in [1.165, 1.54) is 25.7 Å². The predicted molar refractivity (Wildman–Crippen MR) is 83.0 cm³/mol. The summed E-state index contributed by atoms with van der Waals surface area (Å²) in [5, 5.41) is 11.6. The van der Waals surface area contributed by atoms with Crippen molar-refractivity contribution in [2.24, 2.45) is 34.6 Å². The molecule has 2 fully saturated rings. The van der Waals surface area contributed by atoms with Crippen LogP contribution in [0.2, 0.25) is 0 Å². The summed E-state index contributed by atoms with van der Waals surface area (Å²) in [4.78, 5) is 14.5. The highest BCUT2D eigenvalue weighted by molar-refractivity contribution is 5.81. The van der Waals surface area contributed by atoms with Crippen molar-refractivity contribution in [3.05, 3.63) is 0 Å². The van der Waals surface area contributed by atoms with Gasteiger partial charge in [-0.05, 0) is 42.9 Å². The van der Waals surface area contributed by atoms with Crippen LogP contribution in [-0.4, -0.2) is 34.9 Å². The Morgan fingerprint density at radius 2 is 2.14 bits per heavy atom. The van der Waals surface area contributed by atoms with Crippen molar-refractivity contribution in [3.63, 3.8) is 0 Å². The fourth-order valence-electron chi connectivity index (χ4n) is 4.04. The highest BCUT2D eigenvalue weighted by Crippen LogP contribution is 2.49. The first kappa shape index (κ1) is 16.1. The number of rotatable bonds is 7. The van der Waals surface area contributed by atoms with Gasteiger partial charge in [0.1, 0.15) is 5.84 Å². The Kier molecular flexibility index (Phi) is 5.48. The second-order valence-corrected chi connectivity index (χ2v) is 7.21. The summed E-state index contributed by atoms with van der Waals surface area (Å²) in [5.74, 6) is 3.12. The molecule has 2 bridgehead atoms. The number of amides is 1. The summed E-state index contributed by atoms with van der Waals surface area (Å²) < 4.78 is 0. The van der Waals surface area contributed by atoms with Gasteiger partial charge in [0.2, 0.25) is 5.91 Å². The molecule has 2 aliphatic carbocycles. The fourth-order valence-corrected chi connectivity index (χ4v) is 4.04. The third kappa shape index (κ3) is 4.35. The molecule has 2 saturated carbocycles. The van der Waals surface area contributed by atoms with Crippen LogP contribution in [0.5, 0.6) is 0 Å². The normalized spacial score (nSPS) is 28.3. The molecule has 21 heavy (non-hydrogen) atoms. The highest BCUT2D eigenvalue weighted by Gasteiger charge is 2.40. The van der Waals surface area contributed by atoms with Crippen LogP contribution in [0, 0.1) is 23.7 Å². The number of oxime groups is 1. The third-order valence-electron chi connectivity index (χ3n) is 5.03. The number of hydrogen-bond donors (Lipinski definition) is 2. The molecule has 2 rings (SSSR count). The number of hydrogen-bond acceptors (Lipinski definition) is 3. The lowest BCUT2D eigenvalue weighted by atomic mass is 9.86. The van der Waals surface area contributed by atoms with E-state index in [2.05, 4.69) is 19.0 Å². The van der Waals surface area contributed by atoms with Crippen molar-refractivity contribution in [1.29, 1.82) is 0 Å². The molecule has 0 aromatic rings. The monoisotopic (exact) mass is 295 g/mol. The molecule has 0 aromatic heterocycles. The van der Waals surface area contributed by atoms with E-state index >= 15 is 0 Å². The van der Waals surface area contributed by atoms with Crippen molar-refractivity contribution in [2.75, 3.05) is 13.1 Å². The zero-order valence-electron chi connectivity index (χ0n) is 13.3. The van der Waals surface area contributed by atoms with E-state index in [0.717, 1.165) is 18.4 Å². The lowest BCUT2D eigenvalue weighted by Gasteiger charge is -2.28. The molecule has 0 radical (unpaired) electrons. The molecule has 120 valence electrons. The lowest BCUT2D eigenvalue weighted by Crippen LogP contribution is -2.38. The molecule has 1 amide bonds. The van der Waals surface area contributed by atoms with Crippen LogP contribution in [0.4, 0.5) is 0 Å². The van der Waals surface area contributed by atoms with Crippen LogP contribution in [0.15, 0.2) is 5.16 Å². The molecule has 3 unspecified atom stereocenters. The third-order valence-corrected chi connectivity index (χ3v) is 5.03. The first-order chi connectivity index (χ1) is 9.99. The van der Waals surface area contributed by atoms with Crippen LogP contribution in [0.3, 0.4) is 0 Å². The molecule has 3 atom stereocenters. The van der Waals surface area contributed by atoms with E-state index in [1.807, 2.05) is 4.90 Å². The molecular formula is C16H29N3O2. The van der Waals surface area contributed by atoms with Gasteiger partial charge in [-0.2, -0.15) is 0 Å². The second-order valence-electron chi connectivity index (χ2n) is 7.21. The van der Waals surface area contributed by atoms with Gasteiger partial charge in [-0.3, -0.25) is 4.79 Å². The SMILES string of the molecule is CC(C)CN(CCC(N)=NO)C(=O)CC1CC2CCC1C2. The lowest BCUT2D eigenvalue weighted by molar-refractivity contribution is -0.133. The van der Waals surface area contributed by atoms with Gasteiger partial charge in [0.15, 0.2) is 0 Å². The van der Waals surface area contributed by atoms with Gasteiger partial charge in [-0.15, -0.1) is 0 Å². The van der Waals surface area contributed by atoms with Crippen LogP contribution < -0.4 is 5.73 Å². The van der Waals surface area contributed by atoms with E-state index in [0.29, 0.717) is 31.2 Å². The zero-order chi connectivity index (χ0) is 15.4. The predicted octanol–water partition coefficient (Wildman–Crippen LogP) is 2.43. The van der Waals surface area contributed by atoms with Crippen LogP contribution in [0.1, 0.15) is 52.4 Å². The summed E-state index contributed by atoms with van der Waals surface area (Å²) >= 11 is 0. The molecule has 0 spiro atoms. The van der Waals surface area contributed by atoms with Gasteiger partial charge in [-0.1, -0.05) is 25.4 Å². The van der Waals surface area contributed by atoms with Gasteiger partial charge in [-0.25, -0.2) is 0 Å². The summed E-state index contributed by atoms with van der Waals surface area (Å²) in [6, 6.07) is 0. The number of amidine groups is 1. The second kappa shape index (κ2) is 7.14. The Balaban J connectivity index is 1.87. The van der Waals surface area contributed by atoms with E-state index in [4.69, 9.17) is 10.9 Å². The Bertz CT molecular complexity index is 395. The average Bonchev–Trinajstić information content (AvgIpc) is 3.04. The van der Waals surface area contributed by atoms with Crippen LogP contribution in [0.25, 0.3) is 0 Å². The highest BCUT2D eigenvalue weighted by atomic mass is 16.4. The maximum Gasteiger partial charge on any atom is 0.222 e. The molecule has 0 saturated heterocycles. The van der Waals surface area contributed by atoms with E-state index in [-0.39, 0.29) is 11.7 Å². The molecule has 3 N–H and O–H groups in total. The van der Waals surface area contributed by atoms with Crippen molar-refractivity contribution < 1.29 is 10.0 Å². The molecule has 0 aromatic carbocycles. The Hall–Kier alpha value is -1.26. The standard InChI is InChI=1S/C16H29N3O2/c1-11(2)10-19(6-5-15(17)18-21)16(20)9-14-8-12-3-4-13(14)7-12/h11-14,21H,3-10H2,1-2H3,(H2,17,18). The molecular weight excluding hydrogens is 266 g/mol. The Labute approximate surface area is 127 Å². The molecule has 2 aliphatic rings. The molecule has 5 heteroatoms. The number of carbonyl (C=O) groups is 1. The molecule has 0 aliphatic heterocycles. The number of nitrogens with two attached hydrogens (primary N) is 1. The van der Waals surface area contributed by atoms with E-state index < -0.39 is 0 Å². The van der Waals surface area contributed by atoms with Crippen molar-refractivity contribution in [3.8, 4) is 0 Å². The topological polar surface area (TPSA) is 78.9 Å². The van der Waals surface area contributed by atoms with Gasteiger partial charge in [0, 0.05) is 25.9 Å². The van der Waals surface area contributed by atoms with Crippen LogP contribution in [-0.2, 0) is 4.79 Å². The minimum atomic E-state index is 0.191. The average molecular weight is 295 g/mol. The number of fused-ring (bicyclic) bond motifs is 2. The van der Waals surface area contributed by atoms with E-state index in [9.17, 15) is 4.79 Å². The van der Waals surface area contributed by atoms with Gasteiger partial charge < -0.3 is 15.8 Å². The summed E-state index contributed by atoms with van der Waals surface area (Å²) in [5.41, 5.74) is 5.53. The Morgan fingerprint density at radius 3 is 2.67 bits per heavy atom. The van der Waals surface area contributed by atoms with Gasteiger partial charge in [0.05, 0.1) is 0 Å². The van der Waals surface area contributed by atoms with Crippen molar-refractivity contribution in [1.82, 2.24) is 4.90 Å². The van der Waals surface area contributed by atoms with E-state index in [1.54, 1.807) is 0 Å². The summed E-state index contributed by atoms with van der Waals surface area (Å²) in [6.07, 6.45) is 6.39. The largest absolute Gasteiger partial charge is 0.409 e. The maximum absolute atomic E-state index is 12.6.